The molecule has 0 spiro atoms. The number of amides is 1. The summed E-state index contributed by atoms with van der Waals surface area (Å²) in [4.78, 5) is 13.6. The lowest BCUT2D eigenvalue weighted by molar-refractivity contribution is -0.137. The number of rotatable bonds is 1. The van der Waals surface area contributed by atoms with Crippen molar-refractivity contribution in [1.82, 2.24) is 4.90 Å². The van der Waals surface area contributed by atoms with Crippen molar-refractivity contribution >= 4 is 11.6 Å². The lowest BCUT2D eigenvalue weighted by Crippen LogP contribution is -2.38. The predicted molar refractivity (Wildman–Crippen MR) is 65.8 cm³/mol. The Kier molecular flexibility index (Phi) is 3.96. The molecular weight excluding hydrogens is 273 g/mol. The minimum absolute atomic E-state index is 0.0178. The van der Waals surface area contributed by atoms with Crippen molar-refractivity contribution in [3.8, 4) is 0 Å². The number of benzene rings is 1. The van der Waals surface area contributed by atoms with Gasteiger partial charge in [-0.2, -0.15) is 13.2 Å². The van der Waals surface area contributed by atoms with Gasteiger partial charge >= 0.3 is 6.18 Å². The quantitative estimate of drug-likeness (QED) is 0.637. The third-order valence-corrected chi connectivity index (χ3v) is 3.21. The molecule has 2 rings (SSSR count). The molecule has 0 radical (unpaired) electrons. The Morgan fingerprint density at radius 3 is 2.45 bits per heavy atom. The van der Waals surface area contributed by atoms with Gasteiger partial charge in [0.15, 0.2) is 0 Å². The summed E-state index contributed by atoms with van der Waals surface area (Å²) in [6.07, 6.45) is -3.60. The molecule has 7 heteroatoms. The SMILES string of the molecule is O=C(c1cccc(C(F)(F)F)c1)N1CCC(=NO)CC1. The van der Waals surface area contributed by atoms with Crippen LogP contribution in [-0.2, 0) is 6.18 Å². The molecule has 4 nitrogen and oxygen atoms in total. The molecule has 1 heterocycles. The van der Waals surface area contributed by atoms with Gasteiger partial charge in [-0.3, -0.25) is 4.79 Å². The molecule has 0 unspecified atom stereocenters. The van der Waals surface area contributed by atoms with Crippen LogP contribution in [0.2, 0.25) is 0 Å². The first-order valence-electron chi connectivity index (χ1n) is 6.08. The lowest BCUT2D eigenvalue weighted by atomic mass is 10.1. The number of likely N-dealkylation sites (tertiary alicyclic amines) is 1. The fourth-order valence-corrected chi connectivity index (χ4v) is 2.08. The fraction of sp³-hybridized carbons (Fsp3) is 0.385. The van der Waals surface area contributed by atoms with E-state index in [0.717, 1.165) is 12.1 Å². The Balaban J connectivity index is 2.14. The van der Waals surface area contributed by atoms with E-state index in [1.54, 1.807) is 0 Å². The zero-order chi connectivity index (χ0) is 14.8. The van der Waals surface area contributed by atoms with Gasteiger partial charge < -0.3 is 10.1 Å². The van der Waals surface area contributed by atoms with E-state index in [4.69, 9.17) is 5.21 Å². The average molecular weight is 286 g/mol. The maximum Gasteiger partial charge on any atom is 0.416 e. The standard InChI is InChI=1S/C13H13F3N2O2/c14-13(15,16)10-3-1-2-9(8-10)12(19)18-6-4-11(17-20)5-7-18/h1-3,8,20H,4-7H2. The Hall–Kier alpha value is -2.05. The first-order chi connectivity index (χ1) is 9.41. The van der Waals surface area contributed by atoms with Crippen LogP contribution in [0.15, 0.2) is 29.4 Å². The first-order valence-corrected chi connectivity index (χ1v) is 6.08. The number of piperidine rings is 1. The monoisotopic (exact) mass is 286 g/mol. The van der Waals surface area contributed by atoms with Crippen molar-refractivity contribution in [2.75, 3.05) is 13.1 Å². The summed E-state index contributed by atoms with van der Waals surface area (Å²) in [6.45, 7) is 0.683. The van der Waals surface area contributed by atoms with E-state index in [2.05, 4.69) is 5.16 Å². The van der Waals surface area contributed by atoms with Gasteiger partial charge in [0.05, 0.1) is 11.3 Å². The minimum Gasteiger partial charge on any atom is -0.411 e. The molecule has 0 aliphatic carbocycles. The van der Waals surface area contributed by atoms with Crippen LogP contribution in [0.4, 0.5) is 13.2 Å². The van der Waals surface area contributed by atoms with Gasteiger partial charge in [0.1, 0.15) is 0 Å². The zero-order valence-corrected chi connectivity index (χ0v) is 10.5. The van der Waals surface area contributed by atoms with Crippen LogP contribution in [0.1, 0.15) is 28.8 Å². The third kappa shape index (κ3) is 3.09. The van der Waals surface area contributed by atoms with Crippen molar-refractivity contribution in [1.29, 1.82) is 0 Å². The Morgan fingerprint density at radius 1 is 1.25 bits per heavy atom. The molecule has 0 aromatic heterocycles. The van der Waals surface area contributed by atoms with Gasteiger partial charge in [-0.1, -0.05) is 11.2 Å². The number of nitrogens with zero attached hydrogens (tertiary/aromatic N) is 2. The van der Waals surface area contributed by atoms with E-state index >= 15 is 0 Å². The van der Waals surface area contributed by atoms with E-state index in [-0.39, 0.29) is 5.56 Å². The summed E-state index contributed by atoms with van der Waals surface area (Å²) in [5.74, 6) is -0.437. The molecule has 1 aliphatic heterocycles. The maximum atomic E-state index is 12.6. The van der Waals surface area contributed by atoms with Crippen LogP contribution >= 0.6 is 0 Å². The number of carbonyl (C=O) groups excluding carboxylic acids is 1. The summed E-state index contributed by atoms with van der Waals surface area (Å²) < 4.78 is 37.8. The van der Waals surface area contributed by atoms with Gasteiger partial charge in [0, 0.05) is 31.5 Å². The Labute approximate surface area is 113 Å². The van der Waals surface area contributed by atoms with Crippen molar-refractivity contribution < 1.29 is 23.2 Å². The van der Waals surface area contributed by atoms with E-state index in [1.165, 1.54) is 17.0 Å². The van der Waals surface area contributed by atoms with Gasteiger partial charge in [0.2, 0.25) is 0 Å². The number of hydrogen-bond donors (Lipinski definition) is 1. The first kappa shape index (κ1) is 14.4. The fourth-order valence-electron chi connectivity index (χ4n) is 2.08. The highest BCUT2D eigenvalue weighted by Crippen LogP contribution is 2.29. The summed E-state index contributed by atoms with van der Waals surface area (Å²) in [5.41, 5.74) is -0.222. The van der Waals surface area contributed by atoms with E-state index in [9.17, 15) is 18.0 Å². The number of alkyl halides is 3. The Bertz CT molecular complexity index is 531. The molecule has 20 heavy (non-hydrogen) atoms. The van der Waals surface area contributed by atoms with E-state index < -0.39 is 17.6 Å². The number of hydrogen-bond acceptors (Lipinski definition) is 3. The van der Waals surface area contributed by atoms with E-state index in [0.29, 0.717) is 31.6 Å². The third-order valence-electron chi connectivity index (χ3n) is 3.21. The van der Waals surface area contributed by atoms with E-state index in [1.807, 2.05) is 0 Å². The second-order valence-corrected chi connectivity index (χ2v) is 4.54. The number of oxime groups is 1. The van der Waals surface area contributed by atoms with Crippen LogP contribution in [0.5, 0.6) is 0 Å². The summed E-state index contributed by atoms with van der Waals surface area (Å²) in [6, 6.07) is 4.38. The Morgan fingerprint density at radius 2 is 1.90 bits per heavy atom. The molecule has 1 amide bonds. The zero-order valence-electron chi connectivity index (χ0n) is 10.5. The van der Waals surface area contributed by atoms with Crippen LogP contribution < -0.4 is 0 Å². The average Bonchev–Trinajstić information content (AvgIpc) is 2.46. The molecule has 1 aromatic carbocycles. The topological polar surface area (TPSA) is 52.9 Å². The van der Waals surface area contributed by atoms with Crippen molar-refractivity contribution in [2.24, 2.45) is 5.16 Å². The van der Waals surface area contributed by atoms with Gasteiger partial charge in [-0.25, -0.2) is 0 Å². The summed E-state index contributed by atoms with van der Waals surface area (Å²) in [5, 5.41) is 11.7. The van der Waals surface area contributed by atoms with Crippen LogP contribution in [0, 0.1) is 0 Å². The normalized spacial score (nSPS) is 16.1. The molecule has 0 saturated carbocycles. The van der Waals surface area contributed by atoms with Crippen LogP contribution in [0.3, 0.4) is 0 Å². The van der Waals surface area contributed by atoms with Crippen LogP contribution in [-0.4, -0.2) is 34.8 Å². The molecule has 1 fully saturated rings. The highest BCUT2D eigenvalue weighted by Gasteiger charge is 2.31. The number of carbonyl (C=O) groups is 1. The second-order valence-electron chi connectivity index (χ2n) is 4.54. The molecule has 1 aromatic rings. The van der Waals surface area contributed by atoms with Gasteiger partial charge in [-0.15, -0.1) is 0 Å². The van der Waals surface area contributed by atoms with Crippen molar-refractivity contribution in [3.63, 3.8) is 0 Å². The molecule has 108 valence electrons. The highest BCUT2D eigenvalue weighted by molar-refractivity contribution is 5.96. The predicted octanol–water partition coefficient (Wildman–Crippen LogP) is 2.77. The molecule has 0 atom stereocenters. The van der Waals surface area contributed by atoms with Crippen LogP contribution in [0.25, 0.3) is 0 Å². The van der Waals surface area contributed by atoms with Gasteiger partial charge in [0.25, 0.3) is 5.91 Å². The molecule has 1 aliphatic rings. The largest absolute Gasteiger partial charge is 0.416 e. The van der Waals surface area contributed by atoms with Crippen molar-refractivity contribution in [3.05, 3.63) is 35.4 Å². The second kappa shape index (κ2) is 5.52. The minimum atomic E-state index is -4.46. The van der Waals surface area contributed by atoms with Crippen molar-refractivity contribution in [2.45, 2.75) is 19.0 Å². The highest BCUT2D eigenvalue weighted by atomic mass is 19.4. The summed E-state index contributed by atoms with van der Waals surface area (Å²) >= 11 is 0. The smallest absolute Gasteiger partial charge is 0.411 e. The lowest BCUT2D eigenvalue weighted by Gasteiger charge is -2.27. The molecular formula is C13H13F3N2O2. The number of halogens is 3. The summed E-state index contributed by atoms with van der Waals surface area (Å²) in [7, 11) is 0. The molecule has 1 saturated heterocycles. The molecule has 0 bridgehead atoms. The maximum absolute atomic E-state index is 12.6. The van der Waals surface area contributed by atoms with Gasteiger partial charge in [-0.05, 0) is 18.2 Å². The molecule has 1 N–H and O–H groups in total.